The van der Waals surface area contributed by atoms with Crippen molar-refractivity contribution in [2.75, 3.05) is 0 Å². The topological polar surface area (TPSA) is 28.7 Å². The van der Waals surface area contributed by atoms with Crippen LogP contribution in [0, 0.1) is 11.6 Å². The maximum absolute atomic E-state index is 5.29. The summed E-state index contributed by atoms with van der Waals surface area (Å²) in [6.07, 6.45) is 2.02. The molecule has 0 radical (unpaired) electrons. The molecule has 0 fully saturated rings. The summed E-state index contributed by atoms with van der Waals surface area (Å²) in [5.41, 5.74) is 3.38. The normalized spacial score (nSPS) is 10.6. The van der Waals surface area contributed by atoms with Gasteiger partial charge in [-0.05, 0) is 24.8 Å². The Morgan fingerprint density at radius 2 is 2.31 bits per heavy atom. The van der Waals surface area contributed by atoms with Crippen molar-refractivity contribution in [3.05, 3.63) is 32.9 Å². The van der Waals surface area contributed by atoms with Crippen molar-refractivity contribution >= 4 is 23.6 Å². The van der Waals surface area contributed by atoms with Crippen molar-refractivity contribution in [1.82, 2.24) is 9.97 Å². The Morgan fingerprint density at radius 1 is 1.50 bits per heavy atom. The Labute approximate surface area is 104 Å². The fourth-order valence-corrected chi connectivity index (χ4v) is 2.49. The van der Waals surface area contributed by atoms with Gasteiger partial charge in [0.2, 0.25) is 0 Å². The zero-order chi connectivity index (χ0) is 11.5. The van der Waals surface area contributed by atoms with Crippen LogP contribution in [0.25, 0.3) is 11.3 Å². The number of H-pyrrole nitrogens is 1. The number of hydrogen-bond donors (Lipinski definition) is 1. The number of aromatic nitrogens is 2. The lowest BCUT2D eigenvalue weighted by atomic mass is 10.1. The first-order valence-corrected chi connectivity index (χ1v) is 6.70. The summed E-state index contributed by atoms with van der Waals surface area (Å²) in [6, 6.07) is 2.11. The van der Waals surface area contributed by atoms with Crippen molar-refractivity contribution in [2.45, 2.75) is 26.7 Å². The van der Waals surface area contributed by atoms with E-state index in [1.807, 2.05) is 6.92 Å². The van der Waals surface area contributed by atoms with Crippen LogP contribution in [0.3, 0.4) is 0 Å². The minimum Gasteiger partial charge on any atom is -0.343 e. The number of hydrogen-bond acceptors (Lipinski definition) is 3. The third-order valence-corrected chi connectivity index (χ3v) is 3.58. The van der Waals surface area contributed by atoms with Crippen molar-refractivity contribution in [3.63, 3.8) is 0 Å². The monoisotopic (exact) mass is 250 g/mol. The quantitative estimate of drug-likeness (QED) is 0.830. The fraction of sp³-hybridized carbons (Fsp3) is 0.333. The zero-order valence-corrected chi connectivity index (χ0v) is 11.0. The SMILES string of the molecule is CCCc1nc(=S)c(C)c(-c2ccsc2)[nH]1. The minimum absolute atomic E-state index is 0.711. The smallest absolute Gasteiger partial charge is 0.133 e. The summed E-state index contributed by atoms with van der Waals surface area (Å²) in [7, 11) is 0. The Hall–Kier alpha value is -1.00. The second-order valence-corrected chi connectivity index (χ2v) is 4.92. The molecule has 0 bridgehead atoms. The van der Waals surface area contributed by atoms with E-state index in [0.29, 0.717) is 4.64 Å². The molecule has 0 spiro atoms. The number of rotatable bonds is 3. The predicted molar refractivity (Wildman–Crippen MR) is 71.5 cm³/mol. The second-order valence-electron chi connectivity index (χ2n) is 3.75. The summed E-state index contributed by atoms with van der Waals surface area (Å²) in [5.74, 6) is 0.985. The molecule has 0 atom stereocenters. The maximum atomic E-state index is 5.29. The third-order valence-electron chi connectivity index (χ3n) is 2.50. The Morgan fingerprint density at radius 3 is 2.94 bits per heavy atom. The average molecular weight is 250 g/mol. The molecular weight excluding hydrogens is 236 g/mol. The van der Waals surface area contributed by atoms with Gasteiger partial charge in [-0.3, -0.25) is 0 Å². The molecule has 2 nitrogen and oxygen atoms in total. The summed E-state index contributed by atoms with van der Waals surface area (Å²) in [4.78, 5) is 7.78. The van der Waals surface area contributed by atoms with Gasteiger partial charge in [0, 0.05) is 22.9 Å². The van der Waals surface area contributed by atoms with E-state index in [0.717, 1.165) is 29.9 Å². The van der Waals surface area contributed by atoms with E-state index in [9.17, 15) is 0 Å². The van der Waals surface area contributed by atoms with Crippen molar-refractivity contribution in [3.8, 4) is 11.3 Å². The molecule has 0 aromatic carbocycles. The molecule has 2 aromatic rings. The van der Waals surface area contributed by atoms with Gasteiger partial charge in [-0.15, -0.1) is 0 Å². The van der Waals surface area contributed by atoms with Crippen molar-refractivity contribution in [2.24, 2.45) is 0 Å². The summed E-state index contributed by atoms with van der Waals surface area (Å²) in [6.45, 7) is 4.16. The van der Waals surface area contributed by atoms with Crippen LogP contribution >= 0.6 is 23.6 Å². The standard InChI is InChI=1S/C12H14N2S2/c1-3-4-10-13-11(8(2)12(15)14-10)9-5-6-16-7-9/h5-7H,3-4H2,1-2H3,(H,13,14,15). The van der Waals surface area contributed by atoms with Gasteiger partial charge >= 0.3 is 0 Å². The molecule has 1 N–H and O–H groups in total. The van der Waals surface area contributed by atoms with E-state index in [-0.39, 0.29) is 0 Å². The van der Waals surface area contributed by atoms with Gasteiger partial charge in [0.05, 0.1) is 5.69 Å². The molecule has 2 rings (SSSR count). The van der Waals surface area contributed by atoms with E-state index in [2.05, 4.69) is 33.7 Å². The van der Waals surface area contributed by atoms with E-state index < -0.39 is 0 Å². The molecule has 0 aliphatic rings. The first-order valence-electron chi connectivity index (χ1n) is 5.34. The maximum Gasteiger partial charge on any atom is 0.133 e. The van der Waals surface area contributed by atoms with Crippen LogP contribution < -0.4 is 0 Å². The molecule has 0 unspecified atom stereocenters. The highest BCUT2D eigenvalue weighted by Gasteiger charge is 2.07. The summed E-state index contributed by atoms with van der Waals surface area (Å²) < 4.78 is 0.711. The summed E-state index contributed by atoms with van der Waals surface area (Å²) in [5, 5.41) is 4.20. The lowest BCUT2D eigenvalue weighted by molar-refractivity contribution is 0.829. The van der Waals surface area contributed by atoms with Crippen LogP contribution in [0.1, 0.15) is 24.7 Å². The predicted octanol–water partition coefficient (Wildman–Crippen LogP) is 4.13. The molecular formula is C12H14N2S2. The molecule has 84 valence electrons. The Kier molecular flexibility index (Phi) is 3.51. The van der Waals surface area contributed by atoms with Gasteiger partial charge < -0.3 is 4.98 Å². The van der Waals surface area contributed by atoms with Crippen LogP contribution in [0.5, 0.6) is 0 Å². The highest BCUT2D eigenvalue weighted by Crippen LogP contribution is 2.24. The van der Waals surface area contributed by atoms with Crippen molar-refractivity contribution < 1.29 is 0 Å². The van der Waals surface area contributed by atoms with Crippen molar-refractivity contribution in [1.29, 1.82) is 0 Å². The molecule has 0 saturated carbocycles. The lowest BCUT2D eigenvalue weighted by Crippen LogP contribution is -1.99. The average Bonchev–Trinajstić information content (AvgIpc) is 2.76. The van der Waals surface area contributed by atoms with Crippen LogP contribution in [0.15, 0.2) is 16.8 Å². The van der Waals surface area contributed by atoms with Gasteiger partial charge in [0.25, 0.3) is 0 Å². The molecule has 2 heterocycles. The number of aromatic amines is 1. The van der Waals surface area contributed by atoms with E-state index in [1.54, 1.807) is 11.3 Å². The number of nitrogens with one attached hydrogen (secondary N) is 1. The third kappa shape index (κ3) is 2.23. The molecule has 16 heavy (non-hydrogen) atoms. The highest BCUT2D eigenvalue weighted by molar-refractivity contribution is 7.71. The van der Waals surface area contributed by atoms with E-state index in [1.165, 1.54) is 5.56 Å². The number of thiophene rings is 1. The Balaban J connectivity index is 2.56. The van der Waals surface area contributed by atoms with Crippen LogP contribution in [-0.4, -0.2) is 9.97 Å². The molecule has 0 amide bonds. The molecule has 0 aliphatic carbocycles. The second kappa shape index (κ2) is 4.89. The molecule has 0 saturated heterocycles. The van der Waals surface area contributed by atoms with E-state index >= 15 is 0 Å². The van der Waals surface area contributed by atoms with Crippen LogP contribution in [-0.2, 0) is 6.42 Å². The first kappa shape index (κ1) is 11.5. The first-order chi connectivity index (χ1) is 7.72. The number of aryl methyl sites for hydroxylation is 1. The zero-order valence-electron chi connectivity index (χ0n) is 9.41. The van der Waals surface area contributed by atoms with Crippen LogP contribution in [0.2, 0.25) is 0 Å². The lowest BCUT2D eigenvalue weighted by Gasteiger charge is -2.07. The van der Waals surface area contributed by atoms with Crippen LogP contribution in [0.4, 0.5) is 0 Å². The molecule has 0 aliphatic heterocycles. The largest absolute Gasteiger partial charge is 0.343 e. The molecule has 2 aromatic heterocycles. The molecule has 4 heteroatoms. The Bertz CT molecular complexity index is 526. The van der Waals surface area contributed by atoms with E-state index in [4.69, 9.17) is 12.2 Å². The highest BCUT2D eigenvalue weighted by atomic mass is 32.1. The van der Waals surface area contributed by atoms with Gasteiger partial charge in [-0.1, -0.05) is 19.1 Å². The van der Waals surface area contributed by atoms with Gasteiger partial charge in [-0.25, -0.2) is 4.98 Å². The van der Waals surface area contributed by atoms with Gasteiger partial charge in [0.15, 0.2) is 0 Å². The summed E-state index contributed by atoms with van der Waals surface area (Å²) >= 11 is 6.98. The van der Waals surface area contributed by atoms with Gasteiger partial charge in [-0.2, -0.15) is 11.3 Å². The fourth-order valence-electron chi connectivity index (χ4n) is 1.63. The number of nitrogens with zero attached hydrogens (tertiary/aromatic N) is 1. The minimum atomic E-state index is 0.711. The van der Waals surface area contributed by atoms with Gasteiger partial charge in [0.1, 0.15) is 10.5 Å².